The lowest BCUT2D eigenvalue weighted by atomic mass is 10.0. The number of nitrogens with zero attached hydrogens (tertiary/aromatic N) is 2. The lowest BCUT2D eigenvalue weighted by Gasteiger charge is -2.35. The number of ether oxygens (including phenoxy) is 1. The zero-order valence-electron chi connectivity index (χ0n) is 18.1. The Morgan fingerprint density at radius 1 is 1.15 bits per heavy atom. The molecule has 1 saturated heterocycles. The van der Waals surface area contributed by atoms with Crippen LogP contribution in [0.15, 0.2) is 53.5 Å². The smallest absolute Gasteiger partial charge is 0.406 e. The van der Waals surface area contributed by atoms with Crippen molar-refractivity contribution in [3.8, 4) is 5.75 Å². The zero-order valence-corrected chi connectivity index (χ0v) is 18.1. The molecule has 1 amide bonds. The van der Waals surface area contributed by atoms with E-state index in [0.29, 0.717) is 50.4 Å². The highest BCUT2D eigenvalue weighted by atomic mass is 19.4. The van der Waals surface area contributed by atoms with Crippen LogP contribution < -0.4 is 15.5 Å². The molecule has 0 bridgehead atoms. The number of carbonyl (C=O) groups excluding carboxylic acids is 1. The van der Waals surface area contributed by atoms with Crippen LogP contribution in [0.3, 0.4) is 0 Å². The third kappa shape index (κ3) is 6.23. The van der Waals surface area contributed by atoms with Gasteiger partial charge in [-0.15, -0.1) is 13.2 Å². The Morgan fingerprint density at radius 2 is 1.82 bits per heavy atom. The fraction of sp³-hybridized carbons (Fsp3) is 0.391. The van der Waals surface area contributed by atoms with E-state index >= 15 is 0 Å². The summed E-state index contributed by atoms with van der Waals surface area (Å²) in [5.74, 6) is 0.120. The number of hydrogen-bond acceptors (Lipinski definition) is 6. The normalized spacial score (nSPS) is 18.0. The second-order valence-corrected chi connectivity index (χ2v) is 8.22. The highest BCUT2D eigenvalue weighted by molar-refractivity contribution is 5.99. The number of halogens is 3. The summed E-state index contributed by atoms with van der Waals surface area (Å²) in [6, 6.07) is 13.5. The van der Waals surface area contributed by atoms with Gasteiger partial charge in [0.15, 0.2) is 11.6 Å². The third-order valence-corrected chi connectivity index (χ3v) is 5.63. The van der Waals surface area contributed by atoms with Gasteiger partial charge in [0.1, 0.15) is 5.75 Å². The number of benzene rings is 2. The molecule has 7 nitrogen and oxygen atoms in total. The van der Waals surface area contributed by atoms with Crippen LogP contribution in [0.4, 0.5) is 13.2 Å². The maximum Gasteiger partial charge on any atom is 0.573 e. The number of amides is 1. The third-order valence-electron chi connectivity index (χ3n) is 5.63. The van der Waals surface area contributed by atoms with Crippen molar-refractivity contribution in [1.82, 2.24) is 15.7 Å². The number of hydrogen-bond donors (Lipinski definition) is 2. The van der Waals surface area contributed by atoms with E-state index in [4.69, 9.17) is 4.84 Å². The lowest BCUT2D eigenvalue weighted by Crippen LogP contribution is -2.47. The lowest BCUT2D eigenvalue weighted by molar-refractivity contribution is -0.274. The monoisotopic (exact) mass is 462 g/mol. The molecule has 0 aromatic heterocycles. The molecule has 4 rings (SSSR count). The summed E-state index contributed by atoms with van der Waals surface area (Å²) >= 11 is 0. The fourth-order valence-electron chi connectivity index (χ4n) is 3.77. The van der Waals surface area contributed by atoms with Gasteiger partial charge in [-0.2, -0.15) is 0 Å². The summed E-state index contributed by atoms with van der Waals surface area (Å²) in [4.78, 5) is 24.7. The number of aryl methyl sites for hydroxylation is 1. The molecular weight excluding hydrogens is 437 g/mol. The van der Waals surface area contributed by atoms with Crippen molar-refractivity contribution >= 4 is 11.7 Å². The van der Waals surface area contributed by atoms with E-state index in [1.807, 2.05) is 31.2 Å². The topological polar surface area (TPSA) is 75.2 Å². The number of rotatable bonds is 6. The van der Waals surface area contributed by atoms with Gasteiger partial charge < -0.3 is 10.1 Å². The minimum atomic E-state index is -4.73. The van der Waals surface area contributed by atoms with Gasteiger partial charge in [-0.25, -0.2) is 15.3 Å². The second-order valence-electron chi connectivity index (χ2n) is 8.22. The summed E-state index contributed by atoms with van der Waals surface area (Å²) in [5.41, 5.74) is 4.87. The summed E-state index contributed by atoms with van der Waals surface area (Å²) in [6.07, 6.45) is -3.56. The molecule has 2 aromatic rings. The van der Waals surface area contributed by atoms with Crippen LogP contribution in [0.5, 0.6) is 5.75 Å². The van der Waals surface area contributed by atoms with Crippen LogP contribution in [0.2, 0.25) is 0 Å². The first-order valence-electron chi connectivity index (χ1n) is 10.6. The molecule has 2 aliphatic heterocycles. The SMILES string of the molecule is Cc1ccc(CNC(=O)CN2CCC3(CC2)N=C(c2ccc(OC(F)(F)F)cc2)NO3)cc1. The number of nitrogens with one attached hydrogen (secondary N) is 2. The first-order valence-corrected chi connectivity index (χ1v) is 10.6. The average Bonchev–Trinajstić information content (AvgIpc) is 3.18. The maximum atomic E-state index is 12.3. The summed E-state index contributed by atoms with van der Waals surface area (Å²) in [6.45, 7) is 4.08. The van der Waals surface area contributed by atoms with E-state index in [9.17, 15) is 18.0 Å². The first kappa shape index (κ1) is 23.1. The molecule has 10 heteroatoms. The molecule has 2 N–H and O–H groups in total. The number of aliphatic imine (C=N–C) groups is 1. The van der Waals surface area contributed by atoms with Crippen LogP contribution in [0.25, 0.3) is 0 Å². The Balaban J connectivity index is 1.26. The van der Waals surface area contributed by atoms with Crippen molar-refractivity contribution in [2.75, 3.05) is 19.6 Å². The molecule has 176 valence electrons. The van der Waals surface area contributed by atoms with Crippen molar-refractivity contribution in [3.63, 3.8) is 0 Å². The number of alkyl halides is 3. The number of amidine groups is 1. The van der Waals surface area contributed by atoms with Crippen molar-refractivity contribution in [1.29, 1.82) is 0 Å². The zero-order chi connectivity index (χ0) is 23.5. The van der Waals surface area contributed by atoms with E-state index < -0.39 is 12.1 Å². The van der Waals surface area contributed by atoms with Gasteiger partial charge in [0, 0.05) is 38.0 Å². The summed E-state index contributed by atoms with van der Waals surface area (Å²) in [5, 5.41) is 2.94. The van der Waals surface area contributed by atoms with Crippen LogP contribution in [0, 0.1) is 6.92 Å². The molecule has 33 heavy (non-hydrogen) atoms. The van der Waals surface area contributed by atoms with E-state index in [2.05, 4.69) is 25.4 Å². The van der Waals surface area contributed by atoms with Gasteiger partial charge >= 0.3 is 6.36 Å². The average molecular weight is 462 g/mol. The second kappa shape index (κ2) is 9.40. The van der Waals surface area contributed by atoms with Crippen molar-refractivity contribution < 1.29 is 27.5 Å². The van der Waals surface area contributed by atoms with Crippen molar-refractivity contribution in [2.24, 2.45) is 4.99 Å². The summed E-state index contributed by atoms with van der Waals surface area (Å²) < 4.78 is 40.8. The molecular formula is C23H25F3N4O3. The maximum absolute atomic E-state index is 12.3. The van der Waals surface area contributed by atoms with Crippen LogP contribution in [-0.2, 0) is 16.2 Å². The van der Waals surface area contributed by atoms with E-state index in [1.54, 1.807) is 0 Å². The molecule has 0 atom stereocenters. The molecule has 1 spiro atoms. The molecule has 0 saturated carbocycles. The summed E-state index contributed by atoms with van der Waals surface area (Å²) in [7, 11) is 0. The number of carbonyl (C=O) groups is 1. The minimum Gasteiger partial charge on any atom is -0.406 e. The van der Waals surface area contributed by atoms with Crippen LogP contribution in [0.1, 0.15) is 29.5 Å². The highest BCUT2D eigenvalue weighted by Gasteiger charge is 2.40. The number of hydroxylamine groups is 1. The largest absolute Gasteiger partial charge is 0.573 e. The van der Waals surface area contributed by atoms with Gasteiger partial charge in [-0.05, 0) is 36.8 Å². The Morgan fingerprint density at radius 3 is 2.45 bits per heavy atom. The Kier molecular flexibility index (Phi) is 6.57. The molecule has 1 fully saturated rings. The Hall–Kier alpha value is -3.11. The Labute approximate surface area is 189 Å². The molecule has 0 unspecified atom stereocenters. The first-order chi connectivity index (χ1) is 15.7. The molecule has 0 radical (unpaired) electrons. The predicted octanol–water partition coefficient (Wildman–Crippen LogP) is 3.28. The standard InChI is InChI=1S/C23H25F3N4O3/c1-16-2-4-17(5-3-16)14-27-20(31)15-30-12-10-22(11-13-30)28-21(29-33-22)18-6-8-19(9-7-18)32-23(24,25)26/h2-9H,10-15H2,1H3,(H,27,31)(H,28,29). The predicted molar refractivity (Wildman–Crippen MR) is 115 cm³/mol. The van der Waals surface area contributed by atoms with Gasteiger partial charge in [-0.1, -0.05) is 29.8 Å². The van der Waals surface area contributed by atoms with Gasteiger partial charge in [0.25, 0.3) is 0 Å². The number of piperidine rings is 1. The van der Waals surface area contributed by atoms with Crippen LogP contribution in [-0.4, -0.2) is 48.4 Å². The van der Waals surface area contributed by atoms with E-state index in [0.717, 1.165) is 5.56 Å². The molecule has 0 aliphatic carbocycles. The van der Waals surface area contributed by atoms with Crippen molar-refractivity contribution in [2.45, 2.75) is 38.4 Å². The Bertz CT molecular complexity index is 999. The van der Waals surface area contributed by atoms with E-state index in [1.165, 1.54) is 29.8 Å². The van der Waals surface area contributed by atoms with Gasteiger partial charge in [0.05, 0.1) is 6.54 Å². The fourth-order valence-corrected chi connectivity index (χ4v) is 3.77. The minimum absolute atomic E-state index is 0.0395. The van der Waals surface area contributed by atoms with Crippen molar-refractivity contribution in [3.05, 3.63) is 65.2 Å². The highest BCUT2D eigenvalue weighted by Crippen LogP contribution is 2.31. The number of likely N-dealkylation sites (tertiary alicyclic amines) is 1. The molecule has 2 aliphatic rings. The van der Waals surface area contributed by atoms with Gasteiger partial charge in [-0.3, -0.25) is 9.69 Å². The molecule has 2 aromatic carbocycles. The quantitative estimate of drug-likeness (QED) is 0.689. The molecule has 2 heterocycles. The van der Waals surface area contributed by atoms with Gasteiger partial charge in [0.2, 0.25) is 5.91 Å². The van der Waals surface area contributed by atoms with E-state index in [-0.39, 0.29) is 11.7 Å². The van der Waals surface area contributed by atoms with Crippen LogP contribution >= 0.6 is 0 Å².